The van der Waals surface area contributed by atoms with Gasteiger partial charge in [0.15, 0.2) is 0 Å². The van der Waals surface area contributed by atoms with Gasteiger partial charge in [-0.1, -0.05) is 50.6 Å². The summed E-state index contributed by atoms with van der Waals surface area (Å²) in [7, 11) is 0. The lowest BCUT2D eigenvalue weighted by Gasteiger charge is -2.21. The highest BCUT2D eigenvalue weighted by Gasteiger charge is 2.33. The molecule has 1 aromatic carbocycles. The topological polar surface area (TPSA) is 61.4 Å². The van der Waals surface area contributed by atoms with Crippen LogP contribution in [0.15, 0.2) is 30.3 Å². The minimum absolute atomic E-state index is 0.0759. The molecular weight excluding hydrogens is 264 g/mol. The molecule has 3 unspecified atom stereocenters. The number of urea groups is 1. The molecular formula is C17H26N2O2. The fourth-order valence-electron chi connectivity index (χ4n) is 2.43. The zero-order valence-corrected chi connectivity index (χ0v) is 12.9. The highest BCUT2D eigenvalue weighted by molar-refractivity contribution is 5.74. The van der Waals surface area contributed by atoms with Crippen LogP contribution in [-0.4, -0.2) is 23.8 Å². The summed E-state index contributed by atoms with van der Waals surface area (Å²) in [6, 6.07) is 9.96. The van der Waals surface area contributed by atoms with Gasteiger partial charge in [-0.3, -0.25) is 0 Å². The fourth-order valence-corrected chi connectivity index (χ4v) is 2.43. The van der Waals surface area contributed by atoms with Gasteiger partial charge in [0.2, 0.25) is 0 Å². The summed E-state index contributed by atoms with van der Waals surface area (Å²) in [6.45, 7) is 4.32. The standard InChI is InChI=1S/C17H26N2O2/c1-3-12(2)15(20)11-18-17(21)19-16(14-9-10-14)13-7-5-4-6-8-13/h4-8,12,14-16,20H,3,9-11H2,1-2H3,(H2,18,19,21). The lowest BCUT2D eigenvalue weighted by atomic mass is 10.0. The highest BCUT2D eigenvalue weighted by Crippen LogP contribution is 2.40. The molecule has 21 heavy (non-hydrogen) atoms. The monoisotopic (exact) mass is 290 g/mol. The lowest BCUT2D eigenvalue weighted by molar-refractivity contribution is 0.114. The van der Waals surface area contributed by atoms with Gasteiger partial charge in [-0.25, -0.2) is 4.79 Å². The first-order valence-electron chi connectivity index (χ1n) is 7.89. The molecule has 0 saturated heterocycles. The van der Waals surface area contributed by atoms with Gasteiger partial charge in [0, 0.05) is 6.54 Å². The van der Waals surface area contributed by atoms with Crippen molar-refractivity contribution >= 4 is 6.03 Å². The number of aliphatic hydroxyl groups excluding tert-OH is 1. The first-order valence-corrected chi connectivity index (χ1v) is 7.89. The summed E-state index contributed by atoms with van der Waals surface area (Å²) in [5.74, 6) is 0.733. The average molecular weight is 290 g/mol. The van der Waals surface area contributed by atoms with Crippen molar-refractivity contribution in [2.45, 2.75) is 45.3 Å². The first-order chi connectivity index (χ1) is 10.1. The maximum Gasteiger partial charge on any atom is 0.315 e. The maximum absolute atomic E-state index is 12.0. The van der Waals surface area contributed by atoms with Crippen LogP contribution in [0.5, 0.6) is 0 Å². The molecule has 1 aliphatic carbocycles. The van der Waals surface area contributed by atoms with Gasteiger partial charge in [0.25, 0.3) is 0 Å². The minimum atomic E-state index is -0.489. The molecule has 1 aromatic rings. The molecule has 0 radical (unpaired) electrons. The van der Waals surface area contributed by atoms with Crippen molar-refractivity contribution in [2.75, 3.05) is 6.54 Å². The Hall–Kier alpha value is -1.55. The molecule has 116 valence electrons. The fraction of sp³-hybridized carbons (Fsp3) is 0.588. The van der Waals surface area contributed by atoms with Crippen molar-refractivity contribution in [3.63, 3.8) is 0 Å². The van der Waals surface area contributed by atoms with E-state index in [4.69, 9.17) is 0 Å². The van der Waals surface area contributed by atoms with Crippen molar-refractivity contribution in [2.24, 2.45) is 11.8 Å². The van der Waals surface area contributed by atoms with E-state index in [0.29, 0.717) is 12.5 Å². The van der Waals surface area contributed by atoms with E-state index < -0.39 is 6.10 Å². The van der Waals surface area contributed by atoms with Crippen LogP contribution in [0.4, 0.5) is 4.79 Å². The Kier molecular flexibility index (Phi) is 5.62. The molecule has 2 amide bonds. The van der Waals surface area contributed by atoms with Gasteiger partial charge >= 0.3 is 6.03 Å². The molecule has 4 nitrogen and oxygen atoms in total. The van der Waals surface area contributed by atoms with Crippen molar-refractivity contribution in [1.82, 2.24) is 10.6 Å². The van der Waals surface area contributed by atoms with Gasteiger partial charge in [-0.15, -0.1) is 0 Å². The largest absolute Gasteiger partial charge is 0.391 e. The quantitative estimate of drug-likeness (QED) is 0.723. The van der Waals surface area contributed by atoms with Crippen molar-refractivity contribution in [3.05, 3.63) is 35.9 Å². The van der Waals surface area contributed by atoms with Crippen LogP contribution in [0.3, 0.4) is 0 Å². The number of hydrogen-bond acceptors (Lipinski definition) is 2. The van der Waals surface area contributed by atoms with E-state index in [2.05, 4.69) is 22.8 Å². The summed E-state index contributed by atoms with van der Waals surface area (Å²) >= 11 is 0. The molecule has 0 aliphatic heterocycles. The molecule has 0 bridgehead atoms. The second-order valence-corrected chi connectivity index (χ2v) is 6.03. The SMILES string of the molecule is CCC(C)C(O)CNC(=O)NC(c1ccccc1)C1CC1. The number of amides is 2. The Bertz CT molecular complexity index is 445. The summed E-state index contributed by atoms with van der Waals surface area (Å²) in [4.78, 5) is 12.0. The van der Waals surface area contributed by atoms with Crippen LogP contribution in [-0.2, 0) is 0 Å². The predicted octanol–water partition coefficient (Wildman–Crippen LogP) is 2.84. The number of carbonyl (C=O) groups excluding carboxylic acids is 1. The van der Waals surface area contributed by atoms with Crippen LogP contribution in [0.25, 0.3) is 0 Å². The van der Waals surface area contributed by atoms with Crippen LogP contribution in [0.1, 0.15) is 44.7 Å². The summed E-state index contributed by atoms with van der Waals surface area (Å²) in [5, 5.41) is 15.7. The van der Waals surface area contributed by atoms with E-state index in [0.717, 1.165) is 24.8 Å². The number of benzene rings is 1. The highest BCUT2D eigenvalue weighted by atomic mass is 16.3. The Morgan fingerprint density at radius 3 is 2.57 bits per heavy atom. The average Bonchev–Trinajstić information content (AvgIpc) is 3.35. The third kappa shape index (κ3) is 4.74. The Morgan fingerprint density at radius 2 is 2.00 bits per heavy atom. The van der Waals surface area contributed by atoms with E-state index in [1.54, 1.807) is 0 Å². The van der Waals surface area contributed by atoms with Crippen LogP contribution < -0.4 is 10.6 Å². The van der Waals surface area contributed by atoms with Gasteiger partial charge in [-0.2, -0.15) is 0 Å². The van der Waals surface area contributed by atoms with E-state index in [1.165, 1.54) is 0 Å². The van der Waals surface area contributed by atoms with Gasteiger partial charge in [0.05, 0.1) is 12.1 Å². The molecule has 4 heteroatoms. The second-order valence-electron chi connectivity index (χ2n) is 6.03. The van der Waals surface area contributed by atoms with E-state index in [-0.39, 0.29) is 18.0 Å². The predicted molar refractivity (Wildman–Crippen MR) is 83.9 cm³/mol. The van der Waals surface area contributed by atoms with E-state index >= 15 is 0 Å². The third-order valence-corrected chi connectivity index (χ3v) is 4.31. The molecule has 3 atom stereocenters. The number of carbonyl (C=O) groups is 1. The van der Waals surface area contributed by atoms with E-state index in [9.17, 15) is 9.90 Å². The van der Waals surface area contributed by atoms with Gasteiger partial charge in [-0.05, 0) is 30.2 Å². The number of rotatable bonds is 7. The van der Waals surface area contributed by atoms with Crippen molar-refractivity contribution in [3.8, 4) is 0 Å². The Balaban J connectivity index is 1.85. The number of aliphatic hydroxyl groups is 1. The van der Waals surface area contributed by atoms with Crippen molar-refractivity contribution in [1.29, 1.82) is 0 Å². The molecule has 0 aromatic heterocycles. The summed E-state index contributed by atoms with van der Waals surface area (Å²) in [5.41, 5.74) is 1.15. The lowest BCUT2D eigenvalue weighted by Crippen LogP contribution is -2.43. The zero-order chi connectivity index (χ0) is 15.2. The third-order valence-electron chi connectivity index (χ3n) is 4.31. The molecule has 1 saturated carbocycles. The van der Waals surface area contributed by atoms with Crippen LogP contribution in [0, 0.1) is 11.8 Å². The van der Waals surface area contributed by atoms with Gasteiger partial charge < -0.3 is 15.7 Å². The number of hydrogen-bond donors (Lipinski definition) is 3. The van der Waals surface area contributed by atoms with Crippen molar-refractivity contribution < 1.29 is 9.90 Å². The smallest absolute Gasteiger partial charge is 0.315 e. The molecule has 2 rings (SSSR count). The van der Waals surface area contributed by atoms with E-state index in [1.807, 2.05) is 32.0 Å². The molecule has 0 spiro atoms. The Morgan fingerprint density at radius 1 is 1.33 bits per heavy atom. The Labute approximate surface area is 126 Å². The molecule has 1 aliphatic rings. The second kappa shape index (κ2) is 7.46. The summed E-state index contributed by atoms with van der Waals surface area (Å²) < 4.78 is 0. The molecule has 0 heterocycles. The maximum atomic E-state index is 12.0. The minimum Gasteiger partial charge on any atom is -0.391 e. The normalized spacial score (nSPS) is 18.6. The molecule has 3 N–H and O–H groups in total. The zero-order valence-electron chi connectivity index (χ0n) is 12.9. The van der Waals surface area contributed by atoms with Crippen LogP contribution >= 0.6 is 0 Å². The van der Waals surface area contributed by atoms with Gasteiger partial charge in [0.1, 0.15) is 0 Å². The molecule has 1 fully saturated rings. The summed E-state index contributed by atoms with van der Waals surface area (Å²) in [6.07, 6.45) is 2.74. The number of nitrogens with one attached hydrogen (secondary N) is 2. The first kappa shape index (κ1) is 15.8. The van der Waals surface area contributed by atoms with Crippen LogP contribution in [0.2, 0.25) is 0 Å².